The van der Waals surface area contributed by atoms with Gasteiger partial charge >= 0.3 is 0 Å². The molecule has 1 aliphatic carbocycles. The van der Waals surface area contributed by atoms with E-state index < -0.39 is 0 Å². The van der Waals surface area contributed by atoms with Gasteiger partial charge < -0.3 is 10.5 Å². The zero-order valence-electron chi connectivity index (χ0n) is 11.7. The molecule has 0 aliphatic heterocycles. The van der Waals surface area contributed by atoms with Crippen LogP contribution in [0.3, 0.4) is 0 Å². The van der Waals surface area contributed by atoms with Crippen molar-refractivity contribution in [2.45, 2.75) is 37.8 Å². The van der Waals surface area contributed by atoms with Crippen molar-refractivity contribution < 1.29 is 4.74 Å². The lowest BCUT2D eigenvalue weighted by atomic mass is 9.90. The topological polar surface area (TPSA) is 38.5 Å². The van der Waals surface area contributed by atoms with Gasteiger partial charge in [0.15, 0.2) is 0 Å². The highest BCUT2D eigenvalue weighted by Gasteiger charge is 2.48. The van der Waals surface area contributed by atoms with Crippen LogP contribution in [0, 0.1) is 5.92 Å². The molecule has 0 amide bonds. The fraction of sp³-hybridized carbons (Fsp3) is 1.00. The van der Waals surface area contributed by atoms with Crippen molar-refractivity contribution >= 4 is 11.8 Å². The number of rotatable bonds is 9. The van der Waals surface area contributed by atoms with Crippen LogP contribution in [0.4, 0.5) is 0 Å². The van der Waals surface area contributed by atoms with Gasteiger partial charge in [-0.15, -0.1) is 0 Å². The Labute approximate surface area is 110 Å². The highest BCUT2D eigenvalue weighted by molar-refractivity contribution is 7.98. The lowest BCUT2D eigenvalue weighted by Gasteiger charge is -2.44. The van der Waals surface area contributed by atoms with Crippen LogP contribution in [0.1, 0.15) is 26.2 Å². The molecule has 2 N–H and O–H groups in total. The summed E-state index contributed by atoms with van der Waals surface area (Å²) in [6, 6.07) is 0.571. The summed E-state index contributed by atoms with van der Waals surface area (Å²) in [5.74, 6) is 1.94. The molecule has 1 aliphatic rings. The van der Waals surface area contributed by atoms with Crippen molar-refractivity contribution in [3.63, 3.8) is 0 Å². The summed E-state index contributed by atoms with van der Waals surface area (Å²) in [5.41, 5.74) is 6.14. The second-order valence-electron chi connectivity index (χ2n) is 5.26. The maximum Gasteiger partial charge on any atom is 0.0661 e. The van der Waals surface area contributed by atoms with Crippen LogP contribution in [0.5, 0.6) is 0 Å². The quantitative estimate of drug-likeness (QED) is 0.686. The van der Waals surface area contributed by atoms with Crippen LogP contribution in [-0.4, -0.2) is 55.8 Å². The number of ether oxygens (including phenoxy) is 1. The van der Waals surface area contributed by atoms with E-state index >= 15 is 0 Å². The lowest BCUT2D eigenvalue weighted by molar-refractivity contribution is -0.00611. The Hall–Kier alpha value is 0.230. The first-order valence-electron chi connectivity index (χ1n) is 6.53. The van der Waals surface area contributed by atoms with Crippen molar-refractivity contribution in [2.24, 2.45) is 11.7 Å². The van der Waals surface area contributed by atoms with E-state index in [9.17, 15) is 0 Å². The second kappa shape index (κ2) is 6.98. The van der Waals surface area contributed by atoms with E-state index in [-0.39, 0.29) is 5.54 Å². The van der Waals surface area contributed by atoms with Gasteiger partial charge in [-0.1, -0.05) is 0 Å². The Balaban J connectivity index is 2.67. The Morgan fingerprint density at radius 1 is 1.53 bits per heavy atom. The van der Waals surface area contributed by atoms with Gasteiger partial charge in [0.1, 0.15) is 0 Å². The molecule has 2 unspecified atom stereocenters. The number of nitrogens with zero attached hydrogens (tertiary/aromatic N) is 1. The average Bonchev–Trinajstić information content (AvgIpc) is 3.16. The molecule has 0 spiro atoms. The third kappa shape index (κ3) is 3.60. The largest absolute Gasteiger partial charge is 0.383 e. The molecule has 0 saturated heterocycles. The number of hydrogen-bond donors (Lipinski definition) is 1. The molecule has 102 valence electrons. The van der Waals surface area contributed by atoms with Crippen molar-refractivity contribution in [3.8, 4) is 0 Å². The Morgan fingerprint density at radius 2 is 2.18 bits per heavy atom. The Kier molecular flexibility index (Phi) is 6.27. The van der Waals surface area contributed by atoms with Crippen molar-refractivity contribution in [3.05, 3.63) is 0 Å². The normalized spacial score (nSPS) is 21.5. The van der Waals surface area contributed by atoms with Crippen molar-refractivity contribution in [1.29, 1.82) is 0 Å². The number of methoxy groups -OCH3 is 1. The average molecular weight is 260 g/mol. The smallest absolute Gasteiger partial charge is 0.0661 e. The first kappa shape index (κ1) is 15.3. The molecule has 0 heterocycles. The zero-order chi connectivity index (χ0) is 12.9. The summed E-state index contributed by atoms with van der Waals surface area (Å²) < 4.78 is 5.45. The van der Waals surface area contributed by atoms with Crippen LogP contribution < -0.4 is 5.73 Å². The fourth-order valence-electron chi connectivity index (χ4n) is 2.67. The predicted octanol–water partition coefficient (Wildman–Crippen LogP) is 1.81. The van der Waals surface area contributed by atoms with Crippen molar-refractivity contribution in [2.75, 3.05) is 39.3 Å². The van der Waals surface area contributed by atoms with Gasteiger partial charge in [0, 0.05) is 19.7 Å². The SMILES string of the molecule is COCC(CN)(C1CC1)N(C)C(C)CCSC. The summed E-state index contributed by atoms with van der Waals surface area (Å²) in [6.45, 7) is 3.76. The molecular formula is C13H28N2OS. The molecule has 3 nitrogen and oxygen atoms in total. The minimum Gasteiger partial charge on any atom is -0.383 e. The summed E-state index contributed by atoms with van der Waals surface area (Å²) in [5, 5.41) is 0. The molecule has 0 bridgehead atoms. The third-order valence-corrected chi connectivity index (χ3v) is 4.83. The Morgan fingerprint density at radius 3 is 2.59 bits per heavy atom. The molecule has 1 saturated carbocycles. The molecule has 2 atom stereocenters. The summed E-state index contributed by atoms with van der Waals surface area (Å²) in [7, 11) is 4.00. The van der Waals surface area contributed by atoms with Gasteiger partial charge in [-0.25, -0.2) is 0 Å². The van der Waals surface area contributed by atoms with E-state index in [1.54, 1.807) is 7.11 Å². The molecule has 1 fully saturated rings. The molecule has 0 radical (unpaired) electrons. The number of nitrogens with two attached hydrogens (primary N) is 1. The number of likely N-dealkylation sites (N-methyl/N-ethyl adjacent to an activating group) is 1. The van der Waals surface area contributed by atoms with E-state index in [0.29, 0.717) is 12.6 Å². The molecule has 4 heteroatoms. The summed E-state index contributed by atoms with van der Waals surface area (Å²) in [6.07, 6.45) is 6.00. The molecule has 1 rings (SSSR count). The first-order valence-corrected chi connectivity index (χ1v) is 7.92. The maximum atomic E-state index is 6.08. The molecular weight excluding hydrogens is 232 g/mol. The molecule has 0 aromatic rings. The van der Waals surface area contributed by atoms with E-state index in [4.69, 9.17) is 10.5 Å². The zero-order valence-corrected chi connectivity index (χ0v) is 12.6. The van der Waals surface area contributed by atoms with Gasteiger partial charge in [-0.05, 0) is 51.2 Å². The molecule has 17 heavy (non-hydrogen) atoms. The van der Waals surface area contributed by atoms with Gasteiger partial charge in [-0.2, -0.15) is 11.8 Å². The lowest BCUT2D eigenvalue weighted by Crippen LogP contribution is -2.59. The molecule has 0 aromatic carbocycles. The number of thioether (sulfide) groups is 1. The minimum absolute atomic E-state index is 0.0621. The van der Waals surface area contributed by atoms with Crippen LogP contribution in [0.2, 0.25) is 0 Å². The van der Waals surface area contributed by atoms with Crippen LogP contribution >= 0.6 is 11.8 Å². The molecule has 0 aromatic heterocycles. The predicted molar refractivity (Wildman–Crippen MR) is 76.6 cm³/mol. The van der Waals surface area contributed by atoms with Gasteiger partial charge in [-0.3, -0.25) is 4.90 Å². The van der Waals surface area contributed by atoms with Gasteiger partial charge in [0.25, 0.3) is 0 Å². The number of hydrogen-bond acceptors (Lipinski definition) is 4. The first-order chi connectivity index (χ1) is 8.12. The maximum absolute atomic E-state index is 6.08. The van der Waals surface area contributed by atoms with Crippen LogP contribution in [0.15, 0.2) is 0 Å². The standard InChI is InChI=1S/C13H28N2OS/c1-11(7-8-17-4)15(2)13(9-14,10-16-3)12-5-6-12/h11-12H,5-10,14H2,1-4H3. The van der Waals surface area contributed by atoms with Crippen LogP contribution in [-0.2, 0) is 4.74 Å². The van der Waals surface area contributed by atoms with E-state index in [2.05, 4.69) is 25.1 Å². The van der Waals surface area contributed by atoms with Gasteiger partial charge in [0.2, 0.25) is 0 Å². The highest BCUT2D eigenvalue weighted by Crippen LogP contribution is 2.43. The van der Waals surface area contributed by atoms with Crippen molar-refractivity contribution in [1.82, 2.24) is 4.90 Å². The monoisotopic (exact) mass is 260 g/mol. The van der Waals surface area contributed by atoms with Gasteiger partial charge in [0.05, 0.1) is 12.1 Å². The van der Waals surface area contributed by atoms with Crippen LogP contribution in [0.25, 0.3) is 0 Å². The third-order valence-electron chi connectivity index (χ3n) is 4.19. The second-order valence-corrected chi connectivity index (χ2v) is 6.24. The van der Waals surface area contributed by atoms with E-state index in [1.807, 2.05) is 11.8 Å². The summed E-state index contributed by atoms with van der Waals surface area (Å²) >= 11 is 1.91. The van der Waals surface area contributed by atoms with E-state index in [0.717, 1.165) is 12.5 Å². The van der Waals surface area contributed by atoms with E-state index in [1.165, 1.54) is 25.0 Å². The highest BCUT2D eigenvalue weighted by atomic mass is 32.2. The summed E-state index contributed by atoms with van der Waals surface area (Å²) in [4.78, 5) is 2.48. The minimum atomic E-state index is 0.0621. The fourth-order valence-corrected chi connectivity index (χ4v) is 3.25. The Bertz CT molecular complexity index is 223.